The fraction of sp³-hybridized carbons (Fsp3) is 0.640. The van der Waals surface area contributed by atoms with Crippen LogP contribution in [0.2, 0.25) is 0 Å². The normalized spacial score (nSPS) is 27.8. The molecule has 1 aromatic carbocycles. The summed E-state index contributed by atoms with van der Waals surface area (Å²) < 4.78 is 10.8. The zero-order valence-electron chi connectivity index (χ0n) is 20.0. The Hall–Kier alpha value is -2.25. The number of nitrogens with two attached hydrogens (primary N) is 1. The zero-order chi connectivity index (χ0) is 22.7. The fourth-order valence-corrected chi connectivity index (χ4v) is 5.33. The summed E-state index contributed by atoms with van der Waals surface area (Å²) in [7, 11) is 7.54. The predicted molar refractivity (Wildman–Crippen MR) is 129 cm³/mol. The Morgan fingerprint density at radius 2 is 1.72 bits per heavy atom. The van der Waals surface area contributed by atoms with Crippen LogP contribution in [0.4, 0.5) is 0 Å². The molecule has 176 valence electrons. The number of ether oxygens (including phenoxy) is 2. The molecule has 1 atom stereocenters. The zero-order valence-corrected chi connectivity index (χ0v) is 20.0. The minimum Gasteiger partial charge on any atom is -0.497 e. The molecule has 0 saturated heterocycles. The molecule has 1 heterocycles. The molecule has 0 bridgehead atoms. The highest BCUT2D eigenvalue weighted by Crippen LogP contribution is 2.37. The number of methoxy groups -OCH3 is 2. The molecule has 3 aliphatic rings. The number of aliphatic imine (C=N–C) groups is 1. The van der Waals surface area contributed by atoms with Crippen LogP contribution < -0.4 is 25.8 Å². The van der Waals surface area contributed by atoms with E-state index in [1.54, 1.807) is 14.2 Å². The maximum Gasteiger partial charge on any atom is 0.187 e. The first-order chi connectivity index (χ1) is 15.4. The van der Waals surface area contributed by atoms with Crippen molar-refractivity contribution in [3.63, 3.8) is 0 Å². The van der Waals surface area contributed by atoms with Crippen molar-refractivity contribution < 1.29 is 9.47 Å². The van der Waals surface area contributed by atoms with Gasteiger partial charge in [-0.05, 0) is 69.1 Å². The van der Waals surface area contributed by atoms with E-state index in [2.05, 4.69) is 41.8 Å². The van der Waals surface area contributed by atoms with Crippen LogP contribution in [0.1, 0.15) is 56.9 Å². The third-order valence-electron chi connectivity index (χ3n) is 7.16. The van der Waals surface area contributed by atoms with Crippen LogP contribution in [0, 0.1) is 5.92 Å². The number of allylic oxidation sites excluding steroid dienone is 1. The van der Waals surface area contributed by atoms with Gasteiger partial charge in [-0.25, -0.2) is 4.99 Å². The Labute approximate surface area is 192 Å². The van der Waals surface area contributed by atoms with Crippen molar-refractivity contribution >= 4 is 5.84 Å². The van der Waals surface area contributed by atoms with E-state index < -0.39 is 5.79 Å². The largest absolute Gasteiger partial charge is 0.497 e. The lowest BCUT2D eigenvalue weighted by Crippen LogP contribution is -2.61. The molecule has 2 aliphatic carbocycles. The number of nitrogens with one attached hydrogen (secondary N) is 2. The van der Waals surface area contributed by atoms with Gasteiger partial charge < -0.3 is 25.0 Å². The van der Waals surface area contributed by atoms with E-state index >= 15 is 0 Å². The maximum absolute atomic E-state index is 6.94. The maximum atomic E-state index is 6.94. The van der Waals surface area contributed by atoms with Crippen molar-refractivity contribution in [1.82, 2.24) is 15.5 Å². The first kappa shape index (κ1) is 22.9. The monoisotopic (exact) mass is 441 g/mol. The van der Waals surface area contributed by atoms with E-state index in [0.717, 1.165) is 62.4 Å². The molecule has 0 radical (unpaired) electrons. The molecule has 1 unspecified atom stereocenters. The molecular weight excluding hydrogens is 402 g/mol. The number of rotatable bonds is 6. The van der Waals surface area contributed by atoms with Gasteiger partial charge in [-0.1, -0.05) is 0 Å². The van der Waals surface area contributed by atoms with E-state index in [1.165, 1.54) is 29.7 Å². The summed E-state index contributed by atoms with van der Waals surface area (Å²) in [4.78, 5) is 7.22. The SMILES string of the molecule is COc1cc(CNC2CCC(C3(N)N=C(N(C)C)C4=C(CCCC4)N3)CC2)cc(OC)c1. The van der Waals surface area contributed by atoms with Gasteiger partial charge in [0.25, 0.3) is 0 Å². The summed E-state index contributed by atoms with van der Waals surface area (Å²) in [6, 6.07) is 6.52. The predicted octanol–water partition coefficient (Wildman–Crippen LogP) is 3.36. The van der Waals surface area contributed by atoms with Gasteiger partial charge in [-0.15, -0.1) is 0 Å². The van der Waals surface area contributed by atoms with Crippen LogP contribution in [0.15, 0.2) is 34.5 Å². The summed E-state index contributed by atoms with van der Waals surface area (Å²) in [5, 5.41) is 7.40. The highest BCUT2D eigenvalue weighted by molar-refractivity contribution is 5.99. The number of hydrogen-bond acceptors (Lipinski definition) is 7. The van der Waals surface area contributed by atoms with Crippen LogP contribution in [-0.4, -0.2) is 50.9 Å². The fourth-order valence-electron chi connectivity index (χ4n) is 5.33. The third kappa shape index (κ3) is 4.89. The number of hydrogen-bond donors (Lipinski definition) is 3. The standard InChI is InChI=1S/C25H39N5O2/c1-30(2)24-22-7-5-6-8-23(22)28-25(26,29-24)18-9-11-19(12-10-18)27-16-17-13-20(31-3)15-21(14-17)32-4/h13-15,18-19,27-28H,5-12,16,26H2,1-4H3. The van der Waals surface area contributed by atoms with Gasteiger partial charge in [0.15, 0.2) is 5.79 Å². The Morgan fingerprint density at radius 1 is 1.06 bits per heavy atom. The average Bonchev–Trinajstić information content (AvgIpc) is 2.82. The molecule has 1 aliphatic heterocycles. The molecule has 4 rings (SSSR count). The highest BCUT2D eigenvalue weighted by atomic mass is 16.5. The topological polar surface area (TPSA) is 84.1 Å². The number of nitrogens with zero attached hydrogens (tertiary/aromatic N) is 2. The van der Waals surface area contributed by atoms with Crippen LogP contribution >= 0.6 is 0 Å². The van der Waals surface area contributed by atoms with Gasteiger partial charge in [0.1, 0.15) is 17.3 Å². The summed E-state index contributed by atoms with van der Waals surface area (Å²) in [5.41, 5.74) is 10.8. The second-order valence-electron chi connectivity index (χ2n) is 9.59. The highest BCUT2D eigenvalue weighted by Gasteiger charge is 2.42. The summed E-state index contributed by atoms with van der Waals surface area (Å²) in [5.74, 6) is 2.37. The lowest BCUT2D eigenvalue weighted by molar-refractivity contribution is 0.160. The average molecular weight is 442 g/mol. The number of benzene rings is 1. The van der Waals surface area contributed by atoms with Gasteiger partial charge >= 0.3 is 0 Å². The van der Waals surface area contributed by atoms with E-state index in [9.17, 15) is 0 Å². The first-order valence-corrected chi connectivity index (χ1v) is 11.9. The van der Waals surface area contributed by atoms with Crippen LogP contribution in [0.3, 0.4) is 0 Å². The Morgan fingerprint density at radius 3 is 2.34 bits per heavy atom. The summed E-state index contributed by atoms with van der Waals surface area (Å²) in [6.45, 7) is 0.800. The van der Waals surface area contributed by atoms with Gasteiger partial charge in [0.05, 0.1) is 14.2 Å². The van der Waals surface area contributed by atoms with Gasteiger partial charge in [0, 0.05) is 49.9 Å². The van der Waals surface area contributed by atoms with Gasteiger partial charge in [-0.3, -0.25) is 5.73 Å². The Bertz CT molecular complexity index is 851. The summed E-state index contributed by atoms with van der Waals surface area (Å²) >= 11 is 0. The quantitative estimate of drug-likeness (QED) is 0.628. The molecule has 1 aromatic rings. The molecule has 32 heavy (non-hydrogen) atoms. The molecule has 4 N–H and O–H groups in total. The molecule has 1 fully saturated rings. The molecule has 1 saturated carbocycles. The minimum atomic E-state index is -0.694. The molecule has 0 spiro atoms. The van der Waals surface area contributed by atoms with E-state index in [0.29, 0.717) is 12.0 Å². The van der Waals surface area contributed by atoms with Crippen LogP contribution in [0.25, 0.3) is 0 Å². The van der Waals surface area contributed by atoms with Gasteiger partial charge in [-0.2, -0.15) is 0 Å². The van der Waals surface area contributed by atoms with Crippen LogP contribution in [0.5, 0.6) is 11.5 Å². The molecule has 7 heteroatoms. The van der Waals surface area contributed by atoms with E-state index in [4.69, 9.17) is 20.2 Å². The van der Waals surface area contributed by atoms with Crippen molar-refractivity contribution in [3.05, 3.63) is 35.0 Å². The van der Waals surface area contributed by atoms with Crippen LogP contribution in [-0.2, 0) is 6.54 Å². The van der Waals surface area contributed by atoms with Crippen molar-refractivity contribution in [2.24, 2.45) is 16.6 Å². The lowest BCUT2D eigenvalue weighted by atomic mass is 9.80. The van der Waals surface area contributed by atoms with E-state index in [1.807, 2.05) is 6.07 Å². The molecule has 0 amide bonds. The molecular formula is C25H39N5O2. The first-order valence-electron chi connectivity index (χ1n) is 11.9. The van der Waals surface area contributed by atoms with Crippen molar-refractivity contribution in [1.29, 1.82) is 0 Å². The Balaban J connectivity index is 1.37. The smallest absolute Gasteiger partial charge is 0.187 e. The summed E-state index contributed by atoms with van der Waals surface area (Å²) in [6.07, 6.45) is 8.99. The second-order valence-corrected chi connectivity index (χ2v) is 9.59. The molecule has 7 nitrogen and oxygen atoms in total. The van der Waals surface area contributed by atoms with Crippen molar-refractivity contribution in [3.8, 4) is 11.5 Å². The second kappa shape index (κ2) is 9.71. The number of amidine groups is 1. The third-order valence-corrected chi connectivity index (χ3v) is 7.16. The van der Waals surface area contributed by atoms with Crippen molar-refractivity contribution in [2.45, 2.75) is 69.7 Å². The van der Waals surface area contributed by atoms with Gasteiger partial charge in [0.2, 0.25) is 0 Å². The van der Waals surface area contributed by atoms with E-state index in [-0.39, 0.29) is 0 Å². The Kier molecular flexibility index (Phi) is 6.96. The number of likely N-dealkylation sites (N-methyl/N-ethyl adjacent to an activating group) is 1. The molecule has 0 aromatic heterocycles. The van der Waals surface area contributed by atoms with Crippen molar-refractivity contribution in [2.75, 3.05) is 28.3 Å². The minimum absolute atomic E-state index is 0.336. The lowest BCUT2D eigenvalue weighted by Gasteiger charge is -2.45.